The predicted molar refractivity (Wildman–Crippen MR) is 85.3 cm³/mol. The molecule has 0 spiro atoms. The Balaban J connectivity index is 1.93. The van der Waals surface area contributed by atoms with Gasteiger partial charge in [0.15, 0.2) is 11.5 Å². The van der Waals surface area contributed by atoms with Gasteiger partial charge in [0.25, 0.3) is 5.91 Å². The smallest absolute Gasteiger partial charge is 0.273 e. The monoisotopic (exact) mass is 339 g/mol. The third-order valence-corrected chi connectivity index (χ3v) is 4.14. The van der Waals surface area contributed by atoms with Crippen LogP contribution >= 0.6 is 0 Å². The highest BCUT2D eigenvalue weighted by Gasteiger charge is 2.25. The van der Waals surface area contributed by atoms with Crippen LogP contribution in [0.4, 0.5) is 8.78 Å². The molecular formula is C17H23F2N3O2. The molecule has 1 aromatic heterocycles. The Morgan fingerprint density at radius 3 is 2.83 bits per heavy atom. The lowest BCUT2D eigenvalue weighted by atomic mass is 10.1. The Bertz CT molecular complexity index is 607. The first-order valence-corrected chi connectivity index (χ1v) is 8.26. The van der Waals surface area contributed by atoms with Gasteiger partial charge in [0.1, 0.15) is 5.82 Å². The van der Waals surface area contributed by atoms with E-state index in [4.69, 9.17) is 0 Å². The molecular weight excluding hydrogens is 316 g/mol. The van der Waals surface area contributed by atoms with Crippen molar-refractivity contribution in [2.45, 2.75) is 45.6 Å². The van der Waals surface area contributed by atoms with Gasteiger partial charge >= 0.3 is 0 Å². The van der Waals surface area contributed by atoms with Gasteiger partial charge in [-0.15, -0.1) is 0 Å². The summed E-state index contributed by atoms with van der Waals surface area (Å²) < 4.78 is 26.5. The summed E-state index contributed by atoms with van der Waals surface area (Å²) in [5, 5.41) is 2.70. The maximum atomic E-state index is 13.6. The van der Waals surface area contributed by atoms with E-state index < -0.39 is 23.2 Å². The topological polar surface area (TPSA) is 62.3 Å². The lowest BCUT2D eigenvalue weighted by Gasteiger charge is -2.22. The van der Waals surface area contributed by atoms with Crippen molar-refractivity contribution >= 4 is 11.8 Å². The number of amides is 2. The van der Waals surface area contributed by atoms with E-state index in [-0.39, 0.29) is 11.9 Å². The number of hydrogen-bond donors (Lipinski definition) is 1. The quantitative estimate of drug-likeness (QED) is 0.897. The average molecular weight is 339 g/mol. The van der Waals surface area contributed by atoms with Crippen LogP contribution in [0.2, 0.25) is 0 Å². The fraction of sp³-hybridized carbons (Fsp3) is 0.588. The third kappa shape index (κ3) is 4.97. The van der Waals surface area contributed by atoms with Crippen LogP contribution < -0.4 is 5.32 Å². The zero-order valence-corrected chi connectivity index (χ0v) is 14.0. The molecule has 1 N–H and O–H groups in total. The van der Waals surface area contributed by atoms with Gasteiger partial charge < -0.3 is 10.2 Å². The van der Waals surface area contributed by atoms with Crippen LogP contribution in [-0.4, -0.2) is 40.8 Å². The van der Waals surface area contributed by atoms with Crippen molar-refractivity contribution in [3.63, 3.8) is 0 Å². The number of aromatic nitrogens is 1. The van der Waals surface area contributed by atoms with Crippen LogP contribution in [0.1, 0.15) is 50.0 Å². The number of hydrogen-bond acceptors (Lipinski definition) is 3. The predicted octanol–water partition coefficient (Wildman–Crippen LogP) is 2.52. The van der Waals surface area contributed by atoms with Crippen LogP contribution in [0.3, 0.4) is 0 Å². The van der Waals surface area contributed by atoms with Crippen LogP contribution in [0, 0.1) is 17.6 Å². The molecule has 7 heteroatoms. The first kappa shape index (κ1) is 18.3. The fourth-order valence-corrected chi connectivity index (χ4v) is 2.67. The number of rotatable bonds is 5. The van der Waals surface area contributed by atoms with E-state index in [2.05, 4.69) is 24.1 Å². The van der Waals surface area contributed by atoms with Crippen molar-refractivity contribution in [2.24, 2.45) is 5.92 Å². The number of nitrogens with zero attached hydrogens (tertiary/aromatic N) is 2. The molecule has 0 radical (unpaired) electrons. The van der Waals surface area contributed by atoms with Crippen LogP contribution in [0.5, 0.6) is 0 Å². The molecule has 132 valence electrons. The normalized spacial score (nSPS) is 18.6. The SMILES string of the molecule is CC(C)CCN1CCC(NC(=O)c2ncc(F)cc2F)CCC1=O. The van der Waals surface area contributed by atoms with Gasteiger partial charge in [-0.2, -0.15) is 0 Å². The van der Waals surface area contributed by atoms with E-state index >= 15 is 0 Å². The summed E-state index contributed by atoms with van der Waals surface area (Å²) in [5.41, 5.74) is -0.427. The molecule has 5 nitrogen and oxygen atoms in total. The van der Waals surface area contributed by atoms with Crippen molar-refractivity contribution in [2.75, 3.05) is 13.1 Å². The Labute approximate surface area is 140 Å². The van der Waals surface area contributed by atoms with Crippen molar-refractivity contribution in [1.29, 1.82) is 0 Å². The second-order valence-electron chi connectivity index (χ2n) is 6.55. The van der Waals surface area contributed by atoms with Crippen molar-refractivity contribution < 1.29 is 18.4 Å². The summed E-state index contributed by atoms with van der Waals surface area (Å²) >= 11 is 0. The molecule has 2 amide bonds. The first-order chi connectivity index (χ1) is 11.4. The molecule has 2 rings (SSSR count). The van der Waals surface area contributed by atoms with Gasteiger partial charge in [-0.3, -0.25) is 9.59 Å². The minimum absolute atomic E-state index is 0.0819. The summed E-state index contributed by atoms with van der Waals surface area (Å²) in [6.45, 7) is 5.49. The molecule has 1 fully saturated rings. The molecule has 0 aliphatic carbocycles. The van der Waals surface area contributed by atoms with Gasteiger partial charge in [0.2, 0.25) is 5.91 Å². The molecule has 1 atom stereocenters. The van der Waals surface area contributed by atoms with Gasteiger partial charge in [0, 0.05) is 31.6 Å². The second kappa shape index (κ2) is 8.17. The van der Waals surface area contributed by atoms with Crippen molar-refractivity contribution in [3.05, 3.63) is 29.6 Å². The third-order valence-electron chi connectivity index (χ3n) is 4.14. The highest BCUT2D eigenvalue weighted by molar-refractivity contribution is 5.92. The highest BCUT2D eigenvalue weighted by atomic mass is 19.1. The fourth-order valence-electron chi connectivity index (χ4n) is 2.67. The standard InChI is InChI=1S/C17H23F2N3O2/c1-11(2)5-7-22-8-6-13(3-4-15(22)23)21-17(24)16-14(19)9-12(18)10-20-16/h9-11,13H,3-8H2,1-2H3,(H,21,24). The largest absolute Gasteiger partial charge is 0.348 e. The Morgan fingerprint density at radius 1 is 1.42 bits per heavy atom. The van der Waals surface area contributed by atoms with E-state index in [1.165, 1.54) is 0 Å². The van der Waals surface area contributed by atoms with E-state index in [1.54, 1.807) is 0 Å². The molecule has 1 unspecified atom stereocenters. The lowest BCUT2D eigenvalue weighted by molar-refractivity contribution is -0.130. The van der Waals surface area contributed by atoms with Gasteiger partial charge in [-0.25, -0.2) is 13.8 Å². The summed E-state index contributed by atoms with van der Waals surface area (Å²) in [7, 11) is 0. The first-order valence-electron chi connectivity index (χ1n) is 8.26. The Kier molecular flexibility index (Phi) is 6.23. The Hall–Kier alpha value is -2.05. The summed E-state index contributed by atoms with van der Waals surface area (Å²) in [4.78, 5) is 29.5. The van der Waals surface area contributed by atoms with Gasteiger partial charge in [-0.05, 0) is 25.2 Å². The van der Waals surface area contributed by atoms with E-state index in [0.29, 0.717) is 44.3 Å². The number of carbonyl (C=O) groups is 2. The molecule has 0 saturated carbocycles. The molecule has 1 aliphatic rings. The van der Waals surface area contributed by atoms with Crippen LogP contribution in [0.25, 0.3) is 0 Å². The van der Waals surface area contributed by atoms with E-state index in [0.717, 1.165) is 12.6 Å². The zero-order chi connectivity index (χ0) is 17.7. The van der Waals surface area contributed by atoms with E-state index in [9.17, 15) is 18.4 Å². The Morgan fingerprint density at radius 2 is 2.17 bits per heavy atom. The second-order valence-corrected chi connectivity index (χ2v) is 6.55. The minimum Gasteiger partial charge on any atom is -0.348 e. The van der Waals surface area contributed by atoms with E-state index in [1.807, 2.05) is 4.90 Å². The molecule has 1 saturated heterocycles. The number of carbonyl (C=O) groups excluding carboxylic acids is 2. The van der Waals surface area contributed by atoms with Crippen LogP contribution in [-0.2, 0) is 4.79 Å². The number of likely N-dealkylation sites (tertiary alicyclic amines) is 1. The van der Waals surface area contributed by atoms with Gasteiger partial charge in [-0.1, -0.05) is 13.8 Å². The van der Waals surface area contributed by atoms with Crippen LogP contribution in [0.15, 0.2) is 12.3 Å². The van der Waals surface area contributed by atoms with Crippen molar-refractivity contribution in [3.8, 4) is 0 Å². The molecule has 0 bridgehead atoms. The summed E-state index contributed by atoms with van der Waals surface area (Å²) in [6.07, 6.45) is 3.21. The highest BCUT2D eigenvalue weighted by Crippen LogP contribution is 2.15. The molecule has 1 aliphatic heterocycles. The molecule has 0 aromatic carbocycles. The number of halogens is 2. The summed E-state index contributed by atoms with van der Waals surface area (Å²) in [6, 6.07) is 0.406. The summed E-state index contributed by atoms with van der Waals surface area (Å²) in [5.74, 6) is -1.90. The minimum atomic E-state index is -0.990. The lowest BCUT2D eigenvalue weighted by Crippen LogP contribution is -2.37. The number of nitrogens with one attached hydrogen (secondary N) is 1. The maximum absolute atomic E-state index is 13.6. The number of pyridine rings is 1. The zero-order valence-electron chi connectivity index (χ0n) is 14.0. The molecule has 24 heavy (non-hydrogen) atoms. The maximum Gasteiger partial charge on any atom is 0.273 e. The van der Waals surface area contributed by atoms with Gasteiger partial charge in [0.05, 0.1) is 6.20 Å². The van der Waals surface area contributed by atoms with Crippen molar-refractivity contribution in [1.82, 2.24) is 15.2 Å². The molecule has 1 aromatic rings. The average Bonchev–Trinajstić information content (AvgIpc) is 2.67. The molecule has 2 heterocycles.